The summed E-state index contributed by atoms with van der Waals surface area (Å²) < 4.78 is 5.49. The number of amides is 1. The van der Waals surface area contributed by atoms with Gasteiger partial charge < -0.3 is 15.8 Å². The average Bonchev–Trinajstić information content (AvgIpc) is 2.66. The summed E-state index contributed by atoms with van der Waals surface area (Å²) in [5.74, 6) is 0.840. The van der Waals surface area contributed by atoms with Crippen LogP contribution in [0.4, 0.5) is 0 Å². The van der Waals surface area contributed by atoms with E-state index in [9.17, 15) is 4.79 Å². The molecule has 1 atom stereocenters. The minimum absolute atomic E-state index is 0.0625. The first-order chi connectivity index (χ1) is 12.3. The van der Waals surface area contributed by atoms with Gasteiger partial charge in [-0.15, -0.1) is 0 Å². The van der Waals surface area contributed by atoms with Gasteiger partial charge in [0.15, 0.2) is 0 Å². The Morgan fingerprint density at radius 3 is 2.40 bits per heavy atom. The van der Waals surface area contributed by atoms with E-state index in [2.05, 4.69) is 5.32 Å². The molecule has 4 nitrogen and oxygen atoms in total. The van der Waals surface area contributed by atoms with Gasteiger partial charge in [0.05, 0.1) is 13.2 Å². The van der Waals surface area contributed by atoms with Crippen LogP contribution in [0.2, 0.25) is 0 Å². The molecule has 0 fully saturated rings. The number of nitrogens with two attached hydrogens (primary N) is 1. The molecule has 0 heterocycles. The van der Waals surface area contributed by atoms with Crippen LogP contribution in [0.15, 0.2) is 54.6 Å². The maximum Gasteiger partial charge on any atom is 0.220 e. The quantitative estimate of drug-likeness (QED) is 0.646. The molecule has 0 saturated heterocycles. The molecule has 0 saturated carbocycles. The van der Waals surface area contributed by atoms with Crippen molar-refractivity contribution in [2.24, 2.45) is 5.73 Å². The minimum Gasteiger partial charge on any atom is -0.496 e. The number of methoxy groups -OCH3 is 1. The molecular formula is C21H28N2O2. The first-order valence-electron chi connectivity index (χ1n) is 8.93. The van der Waals surface area contributed by atoms with E-state index in [1.54, 1.807) is 7.11 Å². The number of hydrogen-bond donors (Lipinski definition) is 2. The summed E-state index contributed by atoms with van der Waals surface area (Å²) in [4.78, 5) is 12.5. The zero-order chi connectivity index (χ0) is 17.9. The first kappa shape index (κ1) is 19.0. The standard InChI is InChI=1S/C21H28N2O2/c1-25-19-14-9-8-13-18(19)21(17-11-5-4-6-12-17)23-20(24)15-7-2-3-10-16-22/h4-6,8-9,11-14,21H,2-3,7,10,15-16,22H2,1H3,(H,23,24). The van der Waals surface area contributed by atoms with Crippen molar-refractivity contribution in [1.29, 1.82) is 0 Å². The fourth-order valence-electron chi connectivity index (χ4n) is 2.91. The topological polar surface area (TPSA) is 64.3 Å². The van der Waals surface area contributed by atoms with E-state index in [1.807, 2.05) is 54.6 Å². The van der Waals surface area contributed by atoms with Gasteiger partial charge in [0, 0.05) is 12.0 Å². The monoisotopic (exact) mass is 340 g/mol. The van der Waals surface area contributed by atoms with Crippen molar-refractivity contribution in [3.63, 3.8) is 0 Å². The number of rotatable bonds is 10. The van der Waals surface area contributed by atoms with Gasteiger partial charge >= 0.3 is 0 Å². The summed E-state index contributed by atoms with van der Waals surface area (Å²) in [5, 5.41) is 3.17. The maximum atomic E-state index is 12.5. The van der Waals surface area contributed by atoms with Gasteiger partial charge in [0.1, 0.15) is 5.75 Å². The predicted molar refractivity (Wildman–Crippen MR) is 102 cm³/mol. The van der Waals surface area contributed by atoms with Gasteiger partial charge in [-0.05, 0) is 31.0 Å². The highest BCUT2D eigenvalue weighted by molar-refractivity contribution is 5.77. The molecule has 0 aromatic heterocycles. The third kappa shape index (κ3) is 5.91. The molecule has 2 aromatic carbocycles. The molecule has 3 N–H and O–H groups in total. The molecule has 134 valence electrons. The molecule has 1 amide bonds. The van der Waals surface area contributed by atoms with Crippen molar-refractivity contribution in [1.82, 2.24) is 5.32 Å². The minimum atomic E-state index is -0.214. The predicted octanol–water partition coefficient (Wildman–Crippen LogP) is 3.81. The van der Waals surface area contributed by atoms with Gasteiger partial charge in [-0.25, -0.2) is 0 Å². The fourth-order valence-corrected chi connectivity index (χ4v) is 2.91. The van der Waals surface area contributed by atoms with E-state index in [1.165, 1.54) is 0 Å². The highest BCUT2D eigenvalue weighted by atomic mass is 16.5. The van der Waals surface area contributed by atoms with Crippen molar-refractivity contribution in [2.45, 2.75) is 38.1 Å². The van der Waals surface area contributed by atoms with Crippen LogP contribution < -0.4 is 15.8 Å². The Bertz CT molecular complexity index is 643. The van der Waals surface area contributed by atoms with Crippen LogP contribution in [0.5, 0.6) is 5.75 Å². The highest BCUT2D eigenvalue weighted by Crippen LogP contribution is 2.30. The molecule has 2 rings (SSSR count). The largest absolute Gasteiger partial charge is 0.496 e. The van der Waals surface area contributed by atoms with Crippen LogP contribution in [0, 0.1) is 0 Å². The van der Waals surface area contributed by atoms with E-state index < -0.39 is 0 Å². The number of carbonyl (C=O) groups excluding carboxylic acids is 1. The van der Waals surface area contributed by atoms with Crippen LogP contribution >= 0.6 is 0 Å². The molecule has 4 heteroatoms. The fraction of sp³-hybridized carbons (Fsp3) is 0.381. The first-order valence-corrected chi connectivity index (χ1v) is 8.93. The van der Waals surface area contributed by atoms with Crippen molar-refractivity contribution in [3.8, 4) is 5.75 Å². The lowest BCUT2D eigenvalue weighted by Crippen LogP contribution is -2.29. The van der Waals surface area contributed by atoms with Crippen LogP contribution in [0.3, 0.4) is 0 Å². The Kier molecular flexibility index (Phi) is 7.99. The number of ether oxygens (including phenoxy) is 1. The van der Waals surface area contributed by atoms with E-state index in [-0.39, 0.29) is 11.9 Å². The summed E-state index contributed by atoms with van der Waals surface area (Å²) in [7, 11) is 1.65. The van der Waals surface area contributed by atoms with Gasteiger partial charge in [-0.2, -0.15) is 0 Å². The Morgan fingerprint density at radius 2 is 1.68 bits per heavy atom. The third-order valence-corrected chi connectivity index (χ3v) is 4.25. The van der Waals surface area contributed by atoms with Gasteiger partial charge in [-0.3, -0.25) is 4.79 Å². The van der Waals surface area contributed by atoms with Gasteiger partial charge in [0.25, 0.3) is 0 Å². The molecule has 2 aromatic rings. The second-order valence-electron chi connectivity index (χ2n) is 6.11. The molecule has 1 unspecified atom stereocenters. The zero-order valence-corrected chi connectivity index (χ0v) is 14.9. The van der Waals surface area contributed by atoms with Gasteiger partial charge in [-0.1, -0.05) is 61.4 Å². The molecule has 25 heavy (non-hydrogen) atoms. The average molecular weight is 340 g/mol. The third-order valence-electron chi connectivity index (χ3n) is 4.25. The molecular weight excluding hydrogens is 312 g/mol. The second-order valence-corrected chi connectivity index (χ2v) is 6.11. The lowest BCUT2D eigenvalue weighted by molar-refractivity contribution is -0.121. The molecule has 0 radical (unpaired) electrons. The smallest absolute Gasteiger partial charge is 0.220 e. The van der Waals surface area contributed by atoms with Crippen LogP contribution in [-0.2, 0) is 4.79 Å². The summed E-state index contributed by atoms with van der Waals surface area (Å²) >= 11 is 0. The number of carbonyl (C=O) groups is 1. The summed E-state index contributed by atoms with van der Waals surface area (Å²) in [6.45, 7) is 0.718. The van der Waals surface area contributed by atoms with Crippen LogP contribution in [0.25, 0.3) is 0 Å². The molecule has 0 aliphatic rings. The molecule has 0 aliphatic carbocycles. The molecule has 0 spiro atoms. The Balaban J connectivity index is 2.09. The number of hydrogen-bond acceptors (Lipinski definition) is 3. The van der Waals surface area contributed by atoms with Crippen LogP contribution in [0.1, 0.15) is 49.3 Å². The van der Waals surface area contributed by atoms with E-state index in [4.69, 9.17) is 10.5 Å². The SMILES string of the molecule is COc1ccccc1C(NC(=O)CCCCCCN)c1ccccc1. The van der Waals surface area contributed by atoms with E-state index in [0.717, 1.165) is 49.1 Å². The molecule has 0 aliphatic heterocycles. The number of unbranched alkanes of at least 4 members (excludes halogenated alkanes) is 3. The lowest BCUT2D eigenvalue weighted by atomic mass is 9.97. The Labute approximate surface area is 150 Å². The Morgan fingerprint density at radius 1 is 1.00 bits per heavy atom. The summed E-state index contributed by atoms with van der Waals surface area (Å²) in [6, 6.07) is 17.6. The normalized spacial score (nSPS) is 11.8. The summed E-state index contributed by atoms with van der Waals surface area (Å²) in [5.41, 5.74) is 7.51. The number of nitrogens with one attached hydrogen (secondary N) is 1. The molecule has 0 bridgehead atoms. The van der Waals surface area contributed by atoms with Crippen molar-refractivity contribution < 1.29 is 9.53 Å². The highest BCUT2D eigenvalue weighted by Gasteiger charge is 2.19. The lowest BCUT2D eigenvalue weighted by Gasteiger charge is -2.22. The van der Waals surface area contributed by atoms with Crippen LogP contribution in [-0.4, -0.2) is 19.6 Å². The van der Waals surface area contributed by atoms with Gasteiger partial charge in [0.2, 0.25) is 5.91 Å². The Hall–Kier alpha value is -2.33. The zero-order valence-electron chi connectivity index (χ0n) is 14.9. The van der Waals surface area contributed by atoms with Crippen molar-refractivity contribution in [3.05, 3.63) is 65.7 Å². The van der Waals surface area contributed by atoms with E-state index in [0.29, 0.717) is 6.42 Å². The maximum absolute atomic E-state index is 12.5. The number of benzene rings is 2. The van der Waals surface area contributed by atoms with Crippen molar-refractivity contribution in [2.75, 3.05) is 13.7 Å². The van der Waals surface area contributed by atoms with Crippen molar-refractivity contribution >= 4 is 5.91 Å². The van der Waals surface area contributed by atoms with E-state index >= 15 is 0 Å². The summed E-state index contributed by atoms with van der Waals surface area (Å²) in [6.07, 6.45) is 4.56. The number of para-hydroxylation sites is 1. The second kappa shape index (κ2) is 10.5.